The first kappa shape index (κ1) is 20.6. The lowest BCUT2D eigenvalue weighted by molar-refractivity contribution is -0.140. The third kappa shape index (κ3) is 3.89. The lowest BCUT2D eigenvalue weighted by atomic mass is 10.1. The number of hydrogen-bond acceptors (Lipinski definition) is 3. The summed E-state index contributed by atoms with van der Waals surface area (Å²) in [5.74, 6) is -0.175. The molecule has 0 atom stereocenters. The van der Waals surface area contributed by atoms with Crippen LogP contribution in [0.2, 0.25) is 5.02 Å². The minimum atomic E-state index is -4.51. The molecule has 3 aliphatic rings. The van der Waals surface area contributed by atoms with E-state index >= 15 is 0 Å². The van der Waals surface area contributed by atoms with Gasteiger partial charge in [0.2, 0.25) is 0 Å². The molecular weight excluding hydrogens is 429 g/mol. The first-order valence-electron chi connectivity index (χ1n) is 10.5. The van der Waals surface area contributed by atoms with Crippen molar-refractivity contribution < 1.29 is 22.7 Å². The number of alkyl halides is 3. The molecule has 0 radical (unpaired) electrons. The highest BCUT2D eigenvalue weighted by Crippen LogP contribution is 2.46. The number of halogens is 4. The zero-order valence-corrected chi connectivity index (χ0v) is 17.5. The first-order chi connectivity index (χ1) is 14.8. The van der Waals surface area contributed by atoms with Gasteiger partial charge in [-0.2, -0.15) is 13.2 Å². The van der Waals surface area contributed by atoms with Crippen LogP contribution in [0.1, 0.15) is 36.8 Å². The van der Waals surface area contributed by atoms with E-state index in [1.807, 2.05) is 24.3 Å². The number of fused-ring (bicyclic) bond motifs is 1. The molecule has 1 heterocycles. The van der Waals surface area contributed by atoms with Crippen molar-refractivity contribution in [3.05, 3.63) is 58.6 Å². The van der Waals surface area contributed by atoms with E-state index in [0.29, 0.717) is 25.4 Å². The molecule has 2 saturated carbocycles. The van der Waals surface area contributed by atoms with Crippen molar-refractivity contribution in [2.75, 3.05) is 22.9 Å². The summed E-state index contributed by atoms with van der Waals surface area (Å²) in [6, 6.07) is 11.8. The van der Waals surface area contributed by atoms with E-state index < -0.39 is 17.3 Å². The molecule has 0 spiro atoms. The number of hydrogen-bond donors (Lipinski definition) is 0. The quantitative estimate of drug-likeness (QED) is 0.609. The molecule has 0 unspecified atom stereocenters. The summed E-state index contributed by atoms with van der Waals surface area (Å²) in [5, 5.41) is 0.202. The standard InChI is InChI=1S/C23H22ClF3N2O2/c24-16-5-8-18(23(25,26)27)15(13-16)14-31-22(9-10-22)21(30)29-12-11-28(17-6-7-17)19-3-1-2-4-20(19)29/h1-5,8,13,17H,6-7,9-12,14H2. The van der Waals surface area contributed by atoms with Gasteiger partial charge in [-0.1, -0.05) is 23.7 Å². The second-order valence-electron chi connectivity index (χ2n) is 8.45. The highest BCUT2D eigenvalue weighted by Gasteiger charge is 2.54. The molecule has 0 bridgehead atoms. The van der Waals surface area contributed by atoms with Gasteiger partial charge in [0, 0.05) is 24.2 Å². The molecule has 31 heavy (non-hydrogen) atoms. The van der Waals surface area contributed by atoms with Gasteiger partial charge in [0.05, 0.1) is 23.5 Å². The lowest BCUT2D eigenvalue weighted by Crippen LogP contribution is -2.49. The number of benzene rings is 2. The van der Waals surface area contributed by atoms with Gasteiger partial charge < -0.3 is 14.5 Å². The lowest BCUT2D eigenvalue weighted by Gasteiger charge is -2.39. The molecule has 2 aromatic rings. The SMILES string of the molecule is O=C(N1CCN(C2CC2)c2ccccc21)C1(OCc2cc(Cl)ccc2C(F)(F)F)CC1. The fourth-order valence-corrected chi connectivity index (χ4v) is 4.51. The summed E-state index contributed by atoms with van der Waals surface area (Å²) in [6.45, 7) is 0.975. The van der Waals surface area contributed by atoms with Crippen molar-refractivity contribution in [1.82, 2.24) is 0 Å². The Bertz CT molecular complexity index is 1020. The number of amides is 1. The highest BCUT2D eigenvalue weighted by atomic mass is 35.5. The maximum absolute atomic E-state index is 13.4. The van der Waals surface area contributed by atoms with Crippen LogP contribution in [-0.2, 0) is 22.3 Å². The molecule has 1 aliphatic heterocycles. The van der Waals surface area contributed by atoms with E-state index in [4.69, 9.17) is 16.3 Å². The number of anilines is 2. The van der Waals surface area contributed by atoms with Crippen LogP contribution in [0.3, 0.4) is 0 Å². The average Bonchev–Trinajstić information content (AvgIpc) is 3.65. The van der Waals surface area contributed by atoms with Crippen molar-refractivity contribution in [2.45, 2.75) is 50.1 Å². The smallest absolute Gasteiger partial charge is 0.365 e. The number of carbonyl (C=O) groups excluding carboxylic acids is 1. The molecule has 164 valence electrons. The van der Waals surface area contributed by atoms with E-state index in [9.17, 15) is 18.0 Å². The largest absolute Gasteiger partial charge is 0.416 e. The molecule has 0 saturated heterocycles. The second kappa shape index (κ2) is 7.41. The van der Waals surface area contributed by atoms with Crippen LogP contribution in [0, 0.1) is 0 Å². The molecule has 8 heteroatoms. The predicted molar refractivity (Wildman–Crippen MR) is 112 cm³/mol. The monoisotopic (exact) mass is 450 g/mol. The Kier molecular flexibility index (Phi) is 4.94. The van der Waals surface area contributed by atoms with E-state index in [2.05, 4.69) is 4.90 Å². The van der Waals surface area contributed by atoms with E-state index in [0.717, 1.165) is 36.8 Å². The molecule has 1 amide bonds. The fourth-order valence-electron chi connectivity index (χ4n) is 4.31. The summed E-state index contributed by atoms with van der Waals surface area (Å²) in [5.41, 5.74) is -0.0320. The van der Waals surface area contributed by atoms with Crippen molar-refractivity contribution >= 4 is 28.9 Å². The molecule has 0 N–H and O–H groups in total. The highest BCUT2D eigenvalue weighted by molar-refractivity contribution is 6.30. The topological polar surface area (TPSA) is 32.8 Å². The molecule has 5 rings (SSSR count). The summed E-state index contributed by atoms with van der Waals surface area (Å²) >= 11 is 5.91. The Labute approximate surface area is 183 Å². The summed E-state index contributed by atoms with van der Waals surface area (Å²) in [7, 11) is 0. The van der Waals surface area contributed by atoms with E-state index in [-0.39, 0.29) is 23.1 Å². The maximum Gasteiger partial charge on any atom is 0.416 e. The third-order valence-corrected chi connectivity index (χ3v) is 6.48. The van der Waals surface area contributed by atoms with Gasteiger partial charge in [-0.3, -0.25) is 4.79 Å². The zero-order valence-electron chi connectivity index (χ0n) is 16.8. The Hall–Kier alpha value is -2.25. The minimum Gasteiger partial charge on any atom is -0.365 e. The van der Waals surface area contributed by atoms with Crippen LogP contribution < -0.4 is 9.80 Å². The third-order valence-electron chi connectivity index (χ3n) is 6.25. The number of rotatable bonds is 5. The van der Waals surface area contributed by atoms with Crippen molar-refractivity contribution in [2.24, 2.45) is 0 Å². The van der Waals surface area contributed by atoms with Gasteiger partial charge in [-0.25, -0.2) is 0 Å². The van der Waals surface area contributed by atoms with Gasteiger partial charge in [-0.05, 0) is 61.6 Å². The van der Waals surface area contributed by atoms with Gasteiger partial charge in [0.25, 0.3) is 5.91 Å². The number of nitrogens with zero attached hydrogens (tertiary/aromatic N) is 2. The van der Waals surface area contributed by atoms with Gasteiger partial charge in [0.15, 0.2) is 0 Å². The minimum absolute atomic E-state index is 0.0574. The predicted octanol–water partition coefficient (Wildman–Crippen LogP) is 5.42. The van der Waals surface area contributed by atoms with Crippen molar-refractivity contribution in [3.8, 4) is 0 Å². The number of para-hydroxylation sites is 2. The molecule has 2 aliphatic carbocycles. The van der Waals surface area contributed by atoms with Crippen molar-refractivity contribution in [1.29, 1.82) is 0 Å². The summed E-state index contributed by atoms with van der Waals surface area (Å²) < 4.78 is 45.9. The second-order valence-corrected chi connectivity index (χ2v) is 8.89. The zero-order chi connectivity index (χ0) is 21.8. The number of carbonyl (C=O) groups is 1. The summed E-state index contributed by atoms with van der Waals surface area (Å²) in [4.78, 5) is 17.5. The van der Waals surface area contributed by atoms with Crippen LogP contribution in [0.25, 0.3) is 0 Å². The molecule has 2 aromatic carbocycles. The van der Waals surface area contributed by atoms with Gasteiger partial charge >= 0.3 is 6.18 Å². The maximum atomic E-state index is 13.4. The fraction of sp³-hybridized carbons (Fsp3) is 0.435. The molecule has 0 aromatic heterocycles. The van der Waals surface area contributed by atoms with Crippen LogP contribution in [0.15, 0.2) is 42.5 Å². The molecular formula is C23H22ClF3N2O2. The Morgan fingerprint density at radius 2 is 1.81 bits per heavy atom. The molecule has 2 fully saturated rings. The van der Waals surface area contributed by atoms with Crippen LogP contribution in [0.4, 0.5) is 24.5 Å². The van der Waals surface area contributed by atoms with Gasteiger partial charge in [0.1, 0.15) is 5.60 Å². The summed E-state index contributed by atoms with van der Waals surface area (Å²) in [6.07, 6.45) is -1.19. The molecule has 4 nitrogen and oxygen atoms in total. The Morgan fingerprint density at radius 1 is 1.10 bits per heavy atom. The van der Waals surface area contributed by atoms with Crippen LogP contribution in [0.5, 0.6) is 0 Å². The van der Waals surface area contributed by atoms with Crippen LogP contribution in [-0.4, -0.2) is 30.6 Å². The Morgan fingerprint density at radius 3 is 2.45 bits per heavy atom. The number of ether oxygens (including phenoxy) is 1. The Balaban J connectivity index is 1.36. The average molecular weight is 451 g/mol. The van der Waals surface area contributed by atoms with Crippen LogP contribution >= 0.6 is 11.6 Å². The van der Waals surface area contributed by atoms with E-state index in [1.165, 1.54) is 12.1 Å². The first-order valence-corrected chi connectivity index (χ1v) is 10.8. The van der Waals surface area contributed by atoms with Crippen molar-refractivity contribution in [3.63, 3.8) is 0 Å². The normalized spacial score (nSPS) is 19.9. The van der Waals surface area contributed by atoms with Gasteiger partial charge in [-0.15, -0.1) is 0 Å². The van der Waals surface area contributed by atoms with E-state index in [1.54, 1.807) is 4.90 Å².